The van der Waals surface area contributed by atoms with E-state index in [2.05, 4.69) is 5.32 Å². The number of halogens is 2. The lowest BCUT2D eigenvalue weighted by atomic mass is 10.2. The van der Waals surface area contributed by atoms with Crippen LogP contribution in [0.4, 0.5) is 11.4 Å². The summed E-state index contributed by atoms with van der Waals surface area (Å²) >= 11 is 12.2. The molecule has 9 heteroatoms. The number of nitro groups is 1. The molecule has 144 valence electrons. The Morgan fingerprint density at radius 2 is 1.86 bits per heavy atom. The predicted octanol–water partition coefficient (Wildman–Crippen LogP) is 5.71. The summed E-state index contributed by atoms with van der Waals surface area (Å²) in [5.74, 6) is 0.0170. The first-order chi connectivity index (χ1) is 13.9. The van der Waals surface area contributed by atoms with Gasteiger partial charge in [0.05, 0.1) is 15.0 Å². The fourth-order valence-electron chi connectivity index (χ4n) is 2.43. The Balaban J connectivity index is 1.80. The average molecular weight is 428 g/mol. The van der Waals surface area contributed by atoms with Crippen LogP contribution in [0.5, 0.6) is 0 Å². The maximum atomic E-state index is 12.3. The van der Waals surface area contributed by atoms with Crippen LogP contribution in [0.3, 0.4) is 0 Å². The largest absolute Gasteiger partial charge is 0.457 e. The molecule has 0 aliphatic carbocycles. The molecule has 1 heterocycles. The van der Waals surface area contributed by atoms with Gasteiger partial charge in [-0.15, -0.1) is 0 Å². The minimum Gasteiger partial charge on any atom is -0.457 e. The lowest BCUT2D eigenvalue weighted by molar-refractivity contribution is -0.384. The SMILES string of the molecule is N#CC(=Cc1ccc(-c2cccc(Cl)c2Cl)o1)C(=O)Nc1ccc([N+](=O)[O-])cc1. The maximum Gasteiger partial charge on any atom is 0.269 e. The van der Waals surface area contributed by atoms with Crippen molar-refractivity contribution in [1.82, 2.24) is 0 Å². The molecule has 0 spiro atoms. The summed E-state index contributed by atoms with van der Waals surface area (Å²) in [5, 5.41) is 23.2. The molecule has 1 amide bonds. The number of non-ortho nitro benzene ring substituents is 1. The van der Waals surface area contributed by atoms with Gasteiger partial charge in [0.25, 0.3) is 11.6 Å². The van der Waals surface area contributed by atoms with Crippen LogP contribution in [-0.4, -0.2) is 10.8 Å². The minimum absolute atomic E-state index is 0.109. The van der Waals surface area contributed by atoms with E-state index in [-0.39, 0.29) is 17.0 Å². The number of furan rings is 1. The molecule has 0 aliphatic rings. The van der Waals surface area contributed by atoms with E-state index in [9.17, 15) is 20.2 Å². The van der Waals surface area contributed by atoms with E-state index in [1.165, 1.54) is 30.3 Å². The van der Waals surface area contributed by atoms with E-state index in [0.717, 1.165) is 0 Å². The second kappa shape index (κ2) is 8.61. The predicted molar refractivity (Wildman–Crippen MR) is 109 cm³/mol. The van der Waals surface area contributed by atoms with Crippen LogP contribution in [0, 0.1) is 21.4 Å². The molecule has 1 aromatic heterocycles. The molecule has 2 aromatic carbocycles. The van der Waals surface area contributed by atoms with E-state index in [1.54, 1.807) is 36.4 Å². The Hall–Kier alpha value is -3.60. The molecule has 0 aliphatic heterocycles. The highest BCUT2D eigenvalue weighted by Crippen LogP contribution is 2.34. The lowest BCUT2D eigenvalue weighted by Crippen LogP contribution is -2.13. The quantitative estimate of drug-likeness (QED) is 0.242. The van der Waals surface area contributed by atoms with Crippen LogP contribution in [0.2, 0.25) is 10.0 Å². The van der Waals surface area contributed by atoms with Gasteiger partial charge in [-0.2, -0.15) is 5.26 Å². The molecule has 0 saturated heterocycles. The number of hydrogen-bond acceptors (Lipinski definition) is 5. The van der Waals surface area contributed by atoms with Crippen molar-refractivity contribution in [3.63, 3.8) is 0 Å². The van der Waals surface area contributed by atoms with Crippen molar-refractivity contribution in [2.24, 2.45) is 0 Å². The number of hydrogen-bond donors (Lipinski definition) is 1. The summed E-state index contributed by atoms with van der Waals surface area (Å²) in [6, 6.07) is 15.4. The smallest absolute Gasteiger partial charge is 0.269 e. The third-order valence-corrected chi connectivity index (χ3v) is 4.65. The van der Waals surface area contributed by atoms with Gasteiger partial charge in [0, 0.05) is 29.5 Å². The van der Waals surface area contributed by atoms with Crippen LogP contribution in [0.25, 0.3) is 17.4 Å². The number of carbonyl (C=O) groups excluding carboxylic acids is 1. The van der Waals surface area contributed by atoms with Gasteiger partial charge in [-0.05, 0) is 36.4 Å². The van der Waals surface area contributed by atoms with E-state index >= 15 is 0 Å². The summed E-state index contributed by atoms with van der Waals surface area (Å²) in [7, 11) is 0. The fourth-order valence-corrected chi connectivity index (χ4v) is 2.82. The molecule has 29 heavy (non-hydrogen) atoms. The van der Waals surface area contributed by atoms with Gasteiger partial charge in [0.2, 0.25) is 0 Å². The van der Waals surface area contributed by atoms with Crippen LogP contribution in [0.1, 0.15) is 5.76 Å². The van der Waals surface area contributed by atoms with Gasteiger partial charge in [0.15, 0.2) is 0 Å². The number of benzene rings is 2. The Labute approximate surface area is 174 Å². The highest BCUT2D eigenvalue weighted by Gasteiger charge is 2.14. The zero-order chi connectivity index (χ0) is 21.0. The topological polar surface area (TPSA) is 109 Å². The van der Waals surface area contributed by atoms with Crippen molar-refractivity contribution in [1.29, 1.82) is 5.26 Å². The van der Waals surface area contributed by atoms with Crippen molar-refractivity contribution in [2.75, 3.05) is 5.32 Å². The first kappa shape index (κ1) is 20.1. The zero-order valence-electron chi connectivity index (χ0n) is 14.6. The molecular formula is C20H11Cl2N3O4. The van der Waals surface area contributed by atoms with Crippen molar-refractivity contribution < 1.29 is 14.1 Å². The average Bonchev–Trinajstić information content (AvgIpc) is 3.17. The number of nitrogens with zero attached hydrogens (tertiary/aromatic N) is 2. The minimum atomic E-state index is -0.680. The van der Waals surface area contributed by atoms with Crippen molar-refractivity contribution in [2.45, 2.75) is 0 Å². The maximum absolute atomic E-state index is 12.3. The van der Waals surface area contributed by atoms with E-state index < -0.39 is 10.8 Å². The van der Waals surface area contributed by atoms with Crippen LogP contribution in [0.15, 0.2) is 64.6 Å². The highest BCUT2D eigenvalue weighted by atomic mass is 35.5. The normalized spacial score (nSPS) is 11.0. The first-order valence-electron chi connectivity index (χ1n) is 8.11. The summed E-state index contributed by atoms with van der Waals surface area (Å²) in [6.45, 7) is 0. The van der Waals surface area contributed by atoms with Gasteiger partial charge < -0.3 is 9.73 Å². The molecule has 0 atom stereocenters. The van der Waals surface area contributed by atoms with Crippen LogP contribution >= 0.6 is 23.2 Å². The van der Waals surface area contributed by atoms with E-state index in [4.69, 9.17) is 27.6 Å². The molecule has 1 N–H and O–H groups in total. The number of nitrogens with one attached hydrogen (secondary N) is 1. The second-order valence-corrected chi connectivity index (χ2v) is 6.52. The number of nitriles is 1. The molecule has 3 rings (SSSR count). The van der Waals surface area contributed by atoms with Gasteiger partial charge >= 0.3 is 0 Å². The molecule has 0 fully saturated rings. The Bertz CT molecular complexity index is 1160. The van der Waals surface area contributed by atoms with Crippen LogP contribution < -0.4 is 5.32 Å². The first-order valence-corrected chi connectivity index (χ1v) is 8.86. The molecular weight excluding hydrogens is 417 g/mol. The Kier molecular flexibility index (Phi) is 5.98. The van der Waals surface area contributed by atoms with Gasteiger partial charge in [-0.25, -0.2) is 0 Å². The molecule has 0 saturated carbocycles. The number of carbonyl (C=O) groups is 1. The lowest BCUT2D eigenvalue weighted by Gasteiger charge is -2.04. The summed E-state index contributed by atoms with van der Waals surface area (Å²) in [6.07, 6.45) is 1.28. The standard InChI is InChI=1S/C20H11Cl2N3O4/c21-17-3-1-2-16(19(17)22)18-9-8-15(29-18)10-12(11-23)20(26)24-13-4-6-14(7-5-13)25(27)28/h1-10H,(H,24,26). The Morgan fingerprint density at radius 1 is 1.14 bits per heavy atom. The van der Waals surface area contributed by atoms with Gasteiger partial charge in [-0.1, -0.05) is 29.3 Å². The van der Waals surface area contributed by atoms with E-state index in [0.29, 0.717) is 27.1 Å². The number of rotatable bonds is 5. The van der Waals surface area contributed by atoms with Gasteiger partial charge in [-0.3, -0.25) is 14.9 Å². The third-order valence-electron chi connectivity index (χ3n) is 3.83. The van der Waals surface area contributed by atoms with Gasteiger partial charge in [0.1, 0.15) is 23.2 Å². The number of anilines is 1. The highest BCUT2D eigenvalue weighted by molar-refractivity contribution is 6.43. The van der Waals surface area contributed by atoms with Crippen molar-refractivity contribution in [3.8, 4) is 17.4 Å². The van der Waals surface area contributed by atoms with Crippen molar-refractivity contribution >= 4 is 46.6 Å². The molecule has 0 unspecified atom stereocenters. The molecule has 0 radical (unpaired) electrons. The monoisotopic (exact) mass is 427 g/mol. The summed E-state index contributed by atoms with van der Waals surface area (Å²) in [4.78, 5) is 22.5. The molecule has 7 nitrogen and oxygen atoms in total. The fraction of sp³-hybridized carbons (Fsp3) is 0. The second-order valence-electron chi connectivity index (χ2n) is 5.73. The van der Waals surface area contributed by atoms with Crippen molar-refractivity contribution in [3.05, 3.63) is 86.1 Å². The zero-order valence-corrected chi connectivity index (χ0v) is 16.1. The number of amides is 1. The Morgan fingerprint density at radius 3 is 2.52 bits per heavy atom. The number of nitro benzene ring substituents is 1. The summed E-state index contributed by atoms with van der Waals surface area (Å²) in [5.41, 5.74) is 0.573. The van der Waals surface area contributed by atoms with E-state index in [1.807, 2.05) is 0 Å². The third kappa shape index (κ3) is 4.63. The molecule has 0 bridgehead atoms. The summed E-state index contributed by atoms with van der Waals surface area (Å²) < 4.78 is 5.65. The van der Waals surface area contributed by atoms with Crippen LogP contribution in [-0.2, 0) is 4.79 Å². The molecule has 3 aromatic rings.